The quantitative estimate of drug-likeness (QED) is 0.593. The van der Waals surface area contributed by atoms with Gasteiger partial charge in [-0.25, -0.2) is 4.98 Å². The normalized spacial score (nSPS) is 11.1. The van der Waals surface area contributed by atoms with E-state index in [0.717, 1.165) is 22.2 Å². The van der Waals surface area contributed by atoms with Crippen LogP contribution in [0.3, 0.4) is 0 Å². The molecule has 5 heteroatoms. The second-order valence-electron chi connectivity index (χ2n) is 5.77. The van der Waals surface area contributed by atoms with Crippen molar-refractivity contribution in [2.45, 2.75) is 12.8 Å². The Morgan fingerprint density at radius 1 is 1.12 bits per heavy atom. The van der Waals surface area contributed by atoms with Crippen LogP contribution in [-0.2, 0) is 4.79 Å². The van der Waals surface area contributed by atoms with E-state index in [9.17, 15) is 9.90 Å². The zero-order valence-corrected chi connectivity index (χ0v) is 14.8. The third-order valence-corrected chi connectivity index (χ3v) is 4.13. The lowest BCUT2D eigenvalue weighted by atomic mass is 10.1. The van der Waals surface area contributed by atoms with Crippen LogP contribution in [0.5, 0.6) is 5.75 Å². The molecular weight excluding hydrogens is 350 g/mol. The molecular formula is C21H17ClNO3-. The summed E-state index contributed by atoms with van der Waals surface area (Å²) in [5.74, 6) is -0.363. The monoisotopic (exact) mass is 366 g/mol. The van der Waals surface area contributed by atoms with Gasteiger partial charge in [-0.2, -0.15) is 0 Å². The maximum Gasteiger partial charge on any atom is 0.119 e. The number of fused-ring (bicyclic) bond motifs is 1. The average molecular weight is 367 g/mol. The largest absolute Gasteiger partial charge is 0.550 e. The fourth-order valence-electron chi connectivity index (χ4n) is 2.52. The molecule has 0 spiro atoms. The van der Waals surface area contributed by atoms with Crippen LogP contribution in [0, 0.1) is 0 Å². The van der Waals surface area contributed by atoms with Crippen LogP contribution in [-0.4, -0.2) is 17.6 Å². The highest BCUT2D eigenvalue weighted by atomic mass is 35.5. The van der Waals surface area contributed by atoms with Crippen LogP contribution in [0.25, 0.3) is 23.1 Å². The predicted octanol–water partition coefficient (Wildman–Crippen LogP) is 3.97. The number of aromatic nitrogens is 1. The standard InChI is InChI=1S/C21H18ClNO3/c22-19-6-2-7-20-18(19)12-11-16(23-20)10-9-15-4-1-5-17(14-15)26-13-3-8-21(24)25/h1-2,4-7,9-12,14H,3,8,13H2,(H,24,25)/p-1. The summed E-state index contributed by atoms with van der Waals surface area (Å²) in [6, 6.07) is 17.1. The fraction of sp³-hybridized carbons (Fsp3) is 0.143. The fourth-order valence-corrected chi connectivity index (χ4v) is 2.75. The first kappa shape index (κ1) is 18.0. The number of carboxylic acids is 1. The Labute approximate surface area is 156 Å². The van der Waals surface area contributed by atoms with Gasteiger partial charge in [-0.1, -0.05) is 35.9 Å². The number of aliphatic carboxylic acids is 1. The van der Waals surface area contributed by atoms with Crippen molar-refractivity contribution in [3.63, 3.8) is 0 Å². The first-order chi connectivity index (χ1) is 12.6. The van der Waals surface area contributed by atoms with E-state index in [0.29, 0.717) is 23.8 Å². The van der Waals surface area contributed by atoms with E-state index in [2.05, 4.69) is 4.98 Å². The summed E-state index contributed by atoms with van der Waals surface area (Å²) in [5, 5.41) is 12.0. The van der Waals surface area contributed by atoms with Gasteiger partial charge in [0.05, 0.1) is 17.8 Å². The minimum atomic E-state index is -1.06. The van der Waals surface area contributed by atoms with Gasteiger partial charge in [0.15, 0.2) is 0 Å². The highest BCUT2D eigenvalue weighted by Gasteiger charge is 2.00. The predicted molar refractivity (Wildman–Crippen MR) is 102 cm³/mol. The number of ether oxygens (including phenoxy) is 1. The Hall–Kier alpha value is -2.85. The Morgan fingerprint density at radius 3 is 2.81 bits per heavy atom. The second-order valence-corrected chi connectivity index (χ2v) is 6.18. The molecule has 1 aromatic heterocycles. The first-order valence-corrected chi connectivity index (χ1v) is 8.66. The third-order valence-electron chi connectivity index (χ3n) is 3.80. The smallest absolute Gasteiger partial charge is 0.119 e. The number of pyridine rings is 1. The molecule has 0 radical (unpaired) electrons. The van der Waals surface area contributed by atoms with Crippen LogP contribution in [0.2, 0.25) is 5.02 Å². The van der Waals surface area contributed by atoms with E-state index in [1.54, 1.807) is 0 Å². The lowest BCUT2D eigenvalue weighted by Crippen LogP contribution is -2.22. The molecule has 0 unspecified atom stereocenters. The summed E-state index contributed by atoms with van der Waals surface area (Å²) in [7, 11) is 0. The molecule has 0 saturated heterocycles. The second kappa shape index (κ2) is 8.50. The van der Waals surface area contributed by atoms with E-state index < -0.39 is 5.97 Å². The van der Waals surface area contributed by atoms with E-state index in [1.807, 2.05) is 66.7 Å². The maximum atomic E-state index is 10.4. The number of halogens is 1. The van der Waals surface area contributed by atoms with Crippen molar-refractivity contribution < 1.29 is 14.6 Å². The summed E-state index contributed by atoms with van der Waals surface area (Å²) < 4.78 is 5.56. The zero-order valence-electron chi connectivity index (χ0n) is 14.0. The molecule has 3 rings (SSSR count). The first-order valence-electron chi connectivity index (χ1n) is 8.28. The molecule has 4 nitrogen and oxygen atoms in total. The van der Waals surface area contributed by atoms with Gasteiger partial charge in [0.1, 0.15) is 5.75 Å². The topological polar surface area (TPSA) is 62.2 Å². The molecule has 3 aromatic rings. The van der Waals surface area contributed by atoms with E-state index >= 15 is 0 Å². The van der Waals surface area contributed by atoms with E-state index in [4.69, 9.17) is 16.3 Å². The SMILES string of the molecule is O=C([O-])CCCOc1cccc(C=Cc2ccc3c(Cl)cccc3n2)c1. The molecule has 1 heterocycles. The molecule has 0 fully saturated rings. The van der Waals surface area contributed by atoms with Gasteiger partial charge in [-0.05, 0) is 60.9 Å². The van der Waals surface area contributed by atoms with Gasteiger partial charge in [0.25, 0.3) is 0 Å². The van der Waals surface area contributed by atoms with Crippen LogP contribution < -0.4 is 9.84 Å². The summed E-state index contributed by atoms with van der Waals surface area (Å²) in [4.78, 5) is 15.0. The van der Waals surface area contributed by atoms with E-state index in [-0.39, 0.29) is 6.42 Å². The number of carbonyl (C=O) groups excluding carboxylic acids is 1. The third kappa shape index (κ3) is 4.83. The van der Waals surface area contributed by atoms with Crippen molar-refractivity contribution >= 4 is 40.6 Å². The van der Waals surface area contributed by atoms with Crippen molar-refractivity contribution in [3.8, 4) is 5.75 Å². The molecule has 132 valence electrons. The molecule has 26 heavy (non-hydrogen) atoms. The molecule has 0 amide bonds. The lowest BCUT2D eigenvalue weighted by molar-refractivity contribution is -0.305. The van der Waals surface area contributed by atoms with Crippen LogP contribution in [0.15, 0.2) is 54.6 Å². The number of hydrogen-bond donors (Lipinski definition) is 0. The summed E-state index contributed by atoms with van der Waals surface area (Å²) in [5.41, 5.74) is 2.65. The van der Waals surface area contributed by atoms with Crippen molar-refractivity contribution in [2.24, 2.45) is 0 Å². The summed E-state index contributed by atoms with van der Waals surface area (Å²) >= 11 is 6.16. The molecule has 0 atom stereocenters. The van der Waals surface area contributed by atoms with Gasteiger partial charge >= 0.3 is 0 Å². The van der Waals surface area contributed by atoms with Crippen molar-refractivity contribution in [3.05, 3.63) is 70.9 Å². The Morgan fingerprint density at radius 2 is 1.96 bits per heavy atom. The maximum absolute atomic E-state index is 10.4. The number of rotatable bonds is 7. The van der Waals surface area contributed by atoms with Crippen LogP contribution >= 0.6 is 11.6 Å². The molecule has 0 bridgehead atoms. The number of carboxylic acid groups (broad SMARTS) is 1. The molecule has 0 saturated carbocycles. The van der Waals surface area contributed by atoms with E-state index in [1.165, 1.54) is 0 Å². The zero-order chi connectivity index (χ0) is 18.4. The average Bonchev–Trinajstić information content (AvgIpc) is 2.64. The highest BCUT2D eigenvalue weighted by molar-refractivity contribution is 6.35. The molecule has 0 aliphatic rings. The number of carbonyl (C=O) groups is 1. The van der Waals surface area contributed by atoms with Crippen molar-refractivity contribution in [2.75, 3.05) is 6.61 Å². The number of benzene rings is 2. The lowest BCUT2D eigenvalue weighted by Gasteiger charge is -2.07. The van der Waals surface area contributed by atoms with Gasteiger partial charge in [-0.15, -0.1) is 0 Å². The Balaban J connectivity index is 1.68. The minimum Gasteiger partial charge on any atom is -0.550 e. The highest BCUT2D eigenvalue weighted by Crippen LogP contribution is 2.22. The molecule has 0 N–H and O–H groups in total. The minimum absolute atomic E-state index is 0.00274. The number of nitrogens with zero attached hydrogens (tertiary/aromatic N) is 1. The van der Waals surface area contributed by atoms with Crippen LogP contribution in [0.4, 0.5) is 0 Å². The Bertz CT molecular complexity index is 953. The summed E-state index contributed by atoms with van der Waals surface area (Å²) in [6.45, 7) is 0.341. The summed E-state index contributed by atoms with van der Waals surface area (Å²) in [6.07, 6.45) is 4.30. The number of hydrogen-bond acceptors (Lipinski definition) is 4. The van der Waals surface area contributed by atoms with Crippen molar-refractivity contribution in [1.29, 1.82) is 0 Å². The van der Waals surface area contributed by atoms with Gasteiger partial charge < -0.3 is 14.6 Å². The molecule has 2 aromatic carbocycles. The Kier molecular flexibility index (Phi) is 5.87. The van der Waals surface area contributed by atoms with Gasteiger partial charge in [-0.3, -0.25) is 0 Å². The van der Waals surface area contributed by atoms with Crippen LogP contribution in [0.1, 0.15) is 24.1 Å². The molecule has 0 aliphatic carbocycles. The van der Waals surface area contributed by atoms with Gasteiger partial charge in [0.2, 0.25) is 0 Å². The van der Waals surface area contributed by atoms with Crippen molar-refractivity contribution in [1.82, 2.24) is 4.98 Å². The molecule has 0 aliphatic heterocycles. The van der Waals surface area contributed by atoms with Gasteiger partial charge in [0, 0.05) is 16.4 Å².